The summed E-state index contributed by atoms with van der Waals surface area (Å²) in [5, 5.41) is 9.70. The van der Waals surface area contributed by atoms with Crippen LogP contribution >= 0.6 is 0 Å². The van der Waals surface area contributed by atoms with Gasteiger partial charge in [0.2, 0.25) is 0 Å². The van der Waals surface area contributed by atoms with Gasteiger partial charge in [-0.25, -0.2) is 9.97 Å². The molecule has 0 radical (unpaired) electrons. The van der Waals surface area contributed by atoms with Crippen molar-refractivity contribution in [3.05, 3.63) is 81.7 Å². The zero-order valence-corrected chi connectivity index (χ0v) is 27.3. The van der Waals surface area contributed by atoms with Gasteiger partial charge in [-0.3, -0.25) is 24.1 Å². The lowest BCUT2D eigenvalue weighted by molar-refractivity contribution is -0.141. The number of allylic oxidation sites excluding steroid dienone is 5. The summed E-state index contributed by atoms with van der Waals surface area (Å²) in [5.74, 6) is -3.69. The van der Waals surface area contributed by atoms with Gasteiger partial charge in [0.15, 0.2) is 0 Å². The summed E-state index contributed by atoms with van der Waals surface area (Å²) < 4.78 is 4.93. The van der Waals surface area contributed by atoms with Crippen LogP contribution in [0.25, 0.3) is 33.3 Å². The number of fused-ring (bicyclic) bond motifs is 8. The number of esters is 1. The number of carbonyl (C=O) groups excluding carboxylic acids is 3. The number of nitrogens with zero attached hydrogens (tertiary/aromatic N) is 3. The summed E-state index contributed by atoms with van der Waals surface area (Å²) in [5.41, 5.74) is 9.91. The number of imide groups is 1. The van der Waals surface area contributed by atoms with Crippen molar-refractivity contribution in [2.24, 2.45) is 0 Å². The predicted octanol–water partition coefficient (Wildman–Crippen LogP) is 6.32. The molecular formula is C36H37N5O6. The SMILES string of the molecule is C=CC1=C(C)c2cc3[nH]c(c4c5[nH]c(cc6nc(cc1n2)C(C)=C6CC)c(C)c5C(=O)N(CC(=O)O)C4=O)C(CCC(=O)OC)C3C. The maximum Gasteiger partial charge on any atom is 0.323 e. The highest BCUT2D eigenvalue weighted by molar-refractivity contribution is 6.24. The number of hydrogen-bond donors (Lipinski definition) is 3. The van der Waals surface area contributed by atoms with Crippen LogP contribution < -0.4 is 0 Å². The van der Waals surface area contributed by atoms with Gasteiger partial charge in [-0.15, -0.1) is 0 Å². The van der Waals surface area contributed by atoms with Crippen LogP contribution in [0, 0.1) is 6.92 Å². The molecule has 2 atom stereocenters. The minimum Gasteiger partial charge on any atom is -0.480 e. The Morgan fingerprint density at radius 3 is 2.34 bits per heavy atom. The number of hydrogen-bond acceptors (Lipinski definition) is 7. The maximum absolute atomic E-state index is 14.2. The van der Waals surface area contributed by atoms with E-state index in [1.54, 1.807) is 13.0 Å². The standard InChI is InChI=1S/C36H37N5O6/c1-8-20-16(3)23-12-25-18(5)22(10-11-30(44)47-7)33(39-25)32-34-31(35(45)41(36(32)46)15-29(42)43)19(6)26(40-34)14-28-21(9-2)17(4)24(38-28)13-27(20)37-23/h8,12-14,18,22,39-40H,1,9-11,15H2,2-7H3,(H,42,43). The van der Waals surface area contributed by atoms with E-state index in [1.807, 2.05) is 39.0 Å². The van der Waals surface area contributed by atoms with Gasteiger partial charge in [0.05, 0.1) is 46.5 Å². The van der Waals surface area contributed by atoms with E-state index in [-0.39, 0.29) is 29.4 Å². The number of methoxy groups -OCH3 is 1. The van der Waals surface area contributed by atoms with Crippen molar-refractivity contribution in [3.63, 3.8) is 0 Å². The number of aromatic amines is 2. The summed E-state index contributed by atoms with van der Waals surface area (Å²) in [7, 11) is 1.33. The summed E-state index contributed by atoms with van der Waals surface area (Å²) in [6.45, 7) is 13.1. The van der Waals surface area contributed by atoms with Gasteiger partial charge in [0.25, 0.3) is 11.8 Å². The first kappa shape index (κ1) is 31.7. The first-order chi connectivity index (χ1) is 22.4. The molecule has 2 aromatic rings. The molecule has 6 rings (SSSR count). The summed E-state index contributed by atoms with van der Waals surface area (Å²) in [6, 6.07) is 5.78. The van der Waals surface area contributed by atoms with E-state index in [2.05, 4.69) is 23.5 Å². The van der Waals surface area contributed by atoms with E-state index >= 15 is 0 Å². The largest absolute Gasteiger partial charge is 0.480 e. The maximum atomic E-state index is 14.2. The molecule has 0 aliphatic carbocycles. The number of amides is 2. The number of rotatable bonds is 7. The molecule has 0 aromatic carbocycles. The topological polar surface area (TPSA) is 158 Å². The van der Waals surface area contributed by atoms with Gasteiger partial charge >= 0.3 is 11.9 Å². The number of nitrogens with one attached hydrogen (secondary N) is 2. The fourth-order valence-electron chi connectivity index (χ4n) is 7.08. The van der Waals surface area contributed by atoms with Crippen LogP contribution in [0.4, 0.5) is 0 Å². The molecule has 242 valence electrons. The van der Waals surface area contributed by atoms with Crippen LogP contribution in [0.15, 0.2) is 30.9 Å². The van der Waals surface area contributed by atoms with Crippen LogP contribution in [-0.4, -0.2) is 67.3 Å². The van der Waals surface area contributed by atoms with Gasteiger partial charge in [-0.1, -0.05) is 26.5 Å². The summed E-state index contributed by atoms with van der Waals surface area (Å²) >= 11 is 0. The lowest BCUT2D eigenvalue weighted by Crippen LogP contribution is -2.43. The van der Waals surface area contributed by atoms with E-state index in [4.69, 9.17) is 14.7 Å². The van der Waals surface area contributed by atoms with Crippen LogP contribution in [-0.2, 0) is 14.3 Å². The highest BCUT2D eigenvalue weighted by Gasteiger charge is 2.41. The Hall–Kier alpha value is -5.32. The molecule has 6 heterocycles. The number of carboxylic acid groups (broad SMARTS) is 1. The fraction of sp³-hybridized carbons (Fsp3) is 0.333. The van der Waals surface area contributed by atoms with Crippen LogP contribution in [0.2, 0.25) is 0 Å². The monoisotopic (exact) mass is 635 g/mol. The zero-order valence-electron chi connectivity index (χ0n) is 27.3. The quantitative estimate of drug-likeness (QED) is 0.235. The number of H-pyrrole nitrogens is 2. The summed E-state index contributed by atoms with van der Waals surface area (Å²) in [6.07, 6.45) is 2.93. The molecule has 8 bridgehead atoms. The second kappa shape index (κ2) is 11.8. The molecule has 11 nitrogen and oxygen atoms in total. The molecule has 4 aliphatic rings. The molecule has 3 N–H and O–H groups in total. The van der Waals surface area contributed by atoms with Crippen LogP contribution in [0.1, 0.15) is 119 Å². The van der Waals surface area contributed by atoms with Crippen molar-refractivity contribution in [2.75, 3.05) is 13.7 Å². The van der Waals surface area contributed by atoms with Crippen molar-refractivity contribution in [1.29, 1.82) is 0 Å². The van der Waals surface area contributed by atoms with Gasteiger partial charge in [0, 0.05) is 40.7 Å². The normalized spacial score (nSPS) is 18.1. The predicted molar refractivity (Wildman–Crippen MR) is 178 cm³/mol. The molecular weight excluding hydrogens is 598 g/mol. The second-order valence-electron chi connectivity index (χ2n) is 12.3. The van der Waals surface area contributed by atoms with E-state index in [9.17, 15) is 24.3 Å². The molecule has 2 amide bonds. The highest BCUT2D eigenvalue weighted by Crippen LogP contribution is 2.44. The lowest BCUT2D eigenvalue weighted by Gasteiger charge is -2.26. The summed E-state index contributed by atoms with van der Waals surface area (Å²) in [4.78, 5) is 69.9. The van der Waals surface area contributed by atoms with Crippen molar-refractivity contribution < 1.29 is 29.0 Å². The Balaban J connectivity index is 1.79. The lowest BCUT2D eigenvalue weighted by atomic mass is 9.84. The molecule has 2 aromatic heterocycles. The fourth-order valence-corrected chi connectivity index (χ4v) is 7.08. The van der Waals surface area contributed by atoms with E-state index in [0.29, 0.717) is 40.8 Å². The van der Waals surface area contributed by atoms with Gasteiger partial charge in [-0.2, -0.15) is 0 Å². The minimum atomic E-state index is -1.31. The molecule has 0 saturated carbocycles. The first-order valence-corrected chi connectivity index (χ1v) is 15.7. The number of aromatic nitrogens is 4. The van der Waals surface area contributed by atoms with E-state index in [1.165, 1.54) is 7.11 Å². The Morgan fingerprint density at radius 1 is 1.00 bits per heavy atom. The van der Waals surface area contributed by atoms with Gasteiger partial charge < -0.3 is 19.8 Å². The third-order valence-electron chi connectivity index (χ3n) is 9.75. The molecule has 11 heteroatoms. The van der Waals surface area contributed by atoms with Crippen molar-refractivity contribution in [1.82, 2.24) is 24.8 Å². The Kier molecular flexibility index (Phi) is 7.95. The van der Waals surface area contributed by atoms with Gasteiger partial charge in [-0.05, 0) is 74.1 Å². The third-order valence-corrected chi connectivity index (χ3v) is 9.75. The molecule has 4 aliphatic heterocycles. The minimum absolute atomic E-state index is 0.0934. The molecule has 0 saturated heterocycles. The van der Waals surface area contributed by atoms with Gasteiger partial charge in [0.1, 0.15) is 6.54 Å². The Morgan fingerprint density at radius 2 is 1.68 bits per heavy atom. The number of carboxylic acids is 1. The number of ether oxygens (including phenoxy) is 1. The average Bonchev–Trinajstić information content (AvgIpc) is 3.71. The second-order valence-corrected chi connectivity index (χ2v) is 12.3. The Bertz CT molecular complexity index is 2060. The van der Waals surface area contributed by atoms with Crippen molar-refractivity contribution >= 4 is 57.1 Å². The van der Waals surface area contributed by atoms with Crippen LogP contribution in [0.3, 0.4) is 0 Å². The van der Waals surface area contributed by atoms with Crippen LogP contribution in [0.5, 0.6) is 0 Å². The molecule has 0 fully saturated rings. The zero-order chi connectivity index (χ0) is 33.9. The molecule has 2 unspecified atom stereocenters. The number of aliphatic carboxylic acids is 1. The third kappa shape index (κ3) is 5.06. The molecule has 0 spiro atoms. The smallest absolute Gasteiger partial charge is 0.323 e. The molecule has 47 heavy (non-hydrogen) atoms. The van der Waals surface area contributed by atoms with E-state index in [0.717, 1.165) is 50.0 Å². The number of aryl methyl sites for hydroxylation is 1. The highest BCUT2D eigenvalue weighted by atomic mass is 16.5. The van der Waals surface area contributed by atoms with Crippen molar-refractivity contribution in [3.8, 4) is 0 Å². The first-order valence-electron chi connectivity index (χ1n) is 15.7. The Labute approximate surface area is 271 Å². The van der Waals surface area contributed by atoms with E-state index < -0.39 is 30.3 Å². The average molecular weight is 636 g/mol. The van der Waals surface area contributed by atoms with Crippen molar-refractivity contribution in [2.45, 2.75) is 65.7 Å². The number of carbonyl (C=O) groups is 4.